The molecule has 0 aliphatic heterocycles. The zero-order valence-electron chi connectivity index (χ0n) is 9.67. The third-order valence-corrected chi connectivity index (χ3v) is 2.36. The Morgan fingerprint density at radius 1 is 1.27 bits per heavy atom. The topological polar surface area (TPSA) is 84.2 Å². The summed E-state index contributed by atoms with van der Waals surface area (Å²) < 4.78 is 0. The molecule has 0 aliphatic rings. The van der Waals surface area contributed by atoms with E-state index in [1.807, 2.05) is 13.8 Å². The number of rotatable bonds is 6. The largest absolute Gasteiger partial charge is 0.355 e. The van der Waals surface area contributed by atoms with Crippen LogP contribution in [0.25, 0.3) is 0 Å². The van der Waals surface area contributed by atoms with Crippen LogP contribution in [0.2, 0.25) is 0 Å². The van der Waals surface area contributed by atoms with Crippen molar-refractivity contribution in [1.82, 2.24) is 10.6 Å². The molecule has 0 rings (SSSR count). The minimum atomic E-state index is -0.465. The molecule has 0 aliphatic carbocycles. The van der Waals surface area contributed by atoms with Crippen LogP contribution in [0, 0.1) is 5.92 Å². The van der Waals surface area contributed by atoms with Crippen molar-refractivity contribution in [1.29, 1.82) is 0 Å². The van der Waals surface area contributed by atoms with Gasteiger partial charge in [0, 0.05) is 20.0 Å². The molecule has 0 bridgehead atoms. The van der Waals surface area contributed by atoms with Crippen LogP contribution < -0.4 is 16.4 Å². The van der Waals surface area contributed by atoms with Crippen molar-refractivity contribution in [3.05, 3.63) is 0 Å². The van der Waals surface area contributed by atoms with E-state index >= 15 is 0 Å². The summed E-state index contributed by atoms with van der Waals surface area (Å²) in [6.07, 6.45) is 0.875. The number of hydrogen-bond acceptors (Lipinski definition) is 3. The van der Waals surface area contributed by atoms with Gasteiger partial charge in [0.05, 0.1) is 6.04 Å². The predicted octanol–water partition coefficient (Wildman–Crippen LogP) is -0.388. The lowest BCUT2D eigenvalue weighted by Gasteiger charge is -2.17. The molecule has 2 amide bonds. The summed E-state index contributed by atoms with van der Waals surface area (Å²) in [4.78, 5) is 22.0. The van der Waals surface area contributed by atoms with Crippen molar-refractivity contribution in [3.63, 3.8) is 0 Å². The summed E-state index contributed by atoms with van der Waals surface area (Å²) in [5.74, 6) is -0.0871. The summed E-state index contributed by atoms with van der Waals surface area (Å²) in [6, 6.07) is -0.465. The zero-order chi connectivity index (χ0) is 11.8. The lowest BCUT2D eigenvalue weighted by molar-refractivity contribution is -0.124. The van der Waals surface area contributed by atoms with E-state index < -0.39 is 6.04 Å². The van der Waals surface area contributed by atoms with Crippen LogP contribution >= 0.6 is 0 Å². The lowest BCUT2D eigenvalue weighted by atomic mass is 9.99. The molecule has 0 aromatic heterocycles. The highest BCUT2D eigenvalue weighted by Crippen LogP contribution is 2.04. The van der Waals surface area contributed by atoms with E-state index in [9.17, 15) is 9.59 Å². The Morgan fingerprint density at radius 2 is 1.80 bits per heavy atom. The van der Waals surface area contributed by atoms with E-state index in [2.05, 4.69) is 10.6 Å². The van der Waals surface area contributed by atoms with Crippen LogP contribution in [-0.2, 0) is 9.59 Å². The maximum absolute atomic E-state index is 11.4. The molecule has 0 spiro atoms. The average Bonchev–Trinajstić information content (AvgIpc) is 2.21. The van der Waals surface area contributed by atoms with Gasteiger partial charge in [0.25, 0.3) is 0 Å². The molecular formula is C10H21N3O2. The van der Waals surface area contributed by atoms with Gasteiger partial charge in [0.1, 0.15) is 0 Å². The molecule has 0 fully saturated rings. The number of carbonyl (C=O) groups excluding carboxylic acids is 2. The third kappa shape index (κ3) is 6.06. The maximum atomic E-state index is 11.4. The Bertz CT molecular complexity index is 219. The Labute approximate surface area is 90.8 Å². The van der Waals surface area contributed by atoms with E-state index in [1.165, 1.54) is 6.92 Å². The molecule has 0 saturated heterocycles. The van der Waals surface area contributed by atoms with Gasteiger partial charge in [0.15, 0.2) is 0 Å². The van der Waals surface area contributed by atoms with Crippen molar-refractivity contribution in [2.75, 3.05) is 13.1 Å². The molecule has 2 unspecified atom stereocenters. The summed E-state index contributed by atoms with van der Waals surface area (Å²) >= 11 is 0. The monoisotopic (exact) mass is 215 g/mol. The fourth-order valence-corrected chi connectivity index (χ4v) is 1.05. The van der Waals surface area contributed by atoms with Gasteiger partial charge in [0.2, 0.25) is 11.8 Å². The molecule has 0 aromatic carbocycles. The Hall–Kier alpha value is -1.10. The number of carbonyl (C=O) groups is 2. The molecule has 0 saturated carbocycles. The van der Waals surface area contributed by atoms with Gasteiger partial charge >= 0.3 is 0 Å². The fourth-order valence-electron chi connectivity index (χ4n) is 1.05. The first-order valence-electron chi connectivity index (χ1n) is 5.26. The van der Waals surface area contributed by atoms with Gasteiger partial charge in [-0.1, -0.05) is 20.3 Å². The molecule has 0 heterocycles. The zero-order valence-corrected chi connectivity index (χ0v) is 9.67. The van der Waals surface area contributed by atoms with Crippen LogP contribution in [0.5, 0.6) is 0 Å². The van der Waals surface area contributed by atoms with Gasteiger partial charge in [-0.25, -0.2) is 0 Å². The summed E-state index contributed by atoms with van der Waals surface area (Å²) in [6.45, 7) is 6.23. The molecule has 5 heteroatoms. The Balaban J connectivity index is 3.69. The standard InChI is InChI=1S/C10H21N3O2/c1-4-7(2)9(11)10(15)13-6-5-12-8(3)14/h7,9H,4-6,11H2,1-3H3,(H,12,14)(H,13,15). The summed E-state index contributed by atoms with van der Waals surface area (Å²) in [5.41, 5.74) is 5.71. The van der Waals surface area contributed by atoms with E-state index in [4.69, 9.17) is 5.73 Å². The predicted molar refractivity (Wildman–Crippen MR) is 59.1 cm³/mol. The van der Waals surface area contributed by atoms with Crippen molar-refractivity contribution in [2.24, 2.45) is 11.7 Å². The summed E-state index contributed by atoms with van der Waals surface area (Å²) in [7, 11) is 0. The van der Waals surface area contributed by atoms with Crippen molar-refractivity contribution < 1.29 is 9.59 Å². The smallest absolute Gasteiger partial charge is 0.237 e. The molecule has 5 nitrogen and oxygen atoms in total. The highest BCUT2D eigenvalue weighted by molar-refractivity contribution is 5.81. The van der Waals surface area contributed by atoms with E-state index in [1.54, 1.807) is 0 Å². The van der Waals surface area contributed by atoms with Crippen LogP contribution in [-0.4, -0.2) is 30.9 Å². The minimum Gasteiger partial charge on any atom is -0.355 e. The van der Waals surface area contributed by atoms with Crippen LogP contribution in [0.3, 0.4) is 0 Å². The second kappa shape index (κ2) is 7.23. The fraction of sp³-hybridized carbons (Fsp3) is 0.800. The number of amides is 2. The lowest BCUT2D eigenvalue weighted by Crippen LogP contribution is -2.46. The molecule has 2 atom stereocenters. The van der Waals surface area contributed by atoms with Crippen molar-refractivity contribution in [2.45, 2.75) is 33.2 Å². The SMILES string of the molecule is CCC(C)C(N)C(=O)NCCNC(C)=O. The minimum absolute atomic E-state index is 0.101. The van der Waals surface area contributed by atoms with Crippen LogP contribution in [0.15, 0.2) is 0 Å². The highest BCUT2D eigenvalue weighted by Gasteiger charge is 2.18. The van der Waals surface area contributed by atoms with E-state index in [-0.39, 0.29) is 17.7 Å². The molecule has 0 aromatic rings. The van der Waals surface area contributed by atoms with Gasteiger partial charge in [-0.05, 0) is 5.92 Å². The normalized spacial score (nSPS) is 14.1. The van der Waals surface area contributed by atoms with Crippen LogP contribution in [0.4, 0.5) is 0 Å². The quantitative estimate of drug-likeness (QED) is 0.528. The van der Waals surface area contributed by atoms with Crippen LogP contribution in [0.1, 0.15) is 27.2 Å². The first kappa shape index (κ1) is 13.9. The van der Waals surface area contributed by atoms with E-state index in [0.717, 1.165) is 6.42 Å². The second-order valence-electron chi connectivity index (χ2n) is 3.69. The Kier molecular flexibility index (Phi) is 6.70. The van der Waals surface area contributed by atoms with Gasteiger partial charge in [-0.15, -0.1) is 0 Å². The number of hydrogen-bond donors (Lipinski definition) is 3. The third-order valence-electron chi connectivity index (χ3n) is 2.36. The van der Waals surface area contributed by atoms with E-state index in [0.29, 0.717) is 13.1 Å². The maximum Gasteiger partial charge on any atom is 0.237 e. The number of nitrogens with two attached hydrogens (primary N) is 1. The summed E-state index contributed by atoms with van der Waals surface area (Å²) in [5, 5.41) is 5.26. The average molecular weight is 215 g/mol. The second-order valence-corrected chi connectivity index (χ2v) is 3.69. The first-order valence-corrected chi connectivity index (χ1v) is 5.26. The first-order chi connectivity index (χ1) is 6.99. The molecule has 88 valence electrons. The number of nitrogens with one attached hydrogen (secondary N) is 2. The highest BCUT2D eigenvalue weighted by atomic mass is 16.2. The van der Waals surface area contributed by atoms with Gasteiger partial charge in [-0.3, -0.25) is 9.59 Å². The van der Waals surface area contributed by atoms with Crippen molar-refractivity contribution in [3.8, 4) is 0 Å². The molecule has 4 N–H and O–H groups in total. The molecular weight excluding hydrogens is 194 g/mol. The molecule has 15 heavy (non-hydrogen) atoms. The van der Waals surface area contributed by atoms with Gasteiger partial charge in [-0.2, -0.15) is 0 Å². The molecule has 0 radical (unpaired) electrons. The Morgan fingerprint density at radius 3 is 2.27 bits per heavy atom. The van der Waals surface area contributed by atoms with Gasteiger partial charge < -0.3 is 16.4 Å². The van der Waals surface area contributed by atoms with Crippen molar-refractivity contribution >= 4 is 11.8 Å².